The third-order valence-corrected chi connectivity index (χ3v) is 4.37. The van der Waals surface area contributed by atoms with Crippen molar-refractivity contribution in [1.82, 2.24) is 14.9 Å². The van der Waals surface area contributed by atoms with Crippen LogP contribution in [0.4, 0.5) is 5.69 Å². The highest BCUT2D eigenvalue weighted by atomic mass is 32.1. The largest absolute Gasteiger partial charge is 0.321 e. The van der Waals surface area contributed by atoms with Crippen LogP contribution in [0.2, 0.25) is 0 Å². The Bertz CT molecular complexity index is 653. The summed E-state index contributed by atoms with van der Waals surface area (Å²) in [5, 5.41) is 10.3. The molecule has 2 N–H and O–H groups in total. The summed E-state index contributed by atoms with van der Waals surface area (Å²) in [7, 11) is 0. The molecule has 0 saturated heterocycles. The quantitative estimate of drug-likeness (QED) is 0.910. The standard InChI is InChI=1S/C15H18N4OS/c1-2-3-13-14(21-19-18-13)15(20)17-12-5-4-10-6-7-16-9-11(10)8-12/h4-5,8,16H,2-3,6-7,9H2,1H3,(H,17,20). The molecule has 0 fully saturated rings. The van der Waals surface area contributed by atoms with Gasteiger partial charge in [0, 0.05) is 12.2 Å². The smallest absolute Gasteiger partial charge is 0.269 e. The average Bonchev–Trinajstić information content (AvgIpc) is 2.96. The molecule has 0 radical (unpaired) electrons. The van der Waals surface area contributed by atoms with E-state index in [1.165, 1.54) is 11.1 Å². The second-order valence-electron chi connectivity index (χ2n) is 5.16. The van der Waals surface area contributed by atoms with Gasteiger partial charge < -0.3 is 10.6 Å². The predicted octanol–water partition coefficient (Wildman–Crippen LogP) is 2.39. The first kappa shape index (κ1) is 14.2. The lowest BCUT2D eigenvalue weighted by molar-refractivity contribution is 0.102. The number of aromatic nitrogens is 2. The zero-order valence-electron chi connectivity index (χ0n) is 12.0. The maximum atomic E-state index is 12.3. The number of nitrogens with zero attached hydrogens (tertiary/aromatic N) is 2. The van der Waals surface area contributed by atoms with Gasteiger partial charge in [0.15, 0.2) is 0 Å². The van der Waals surface area contributed by atoms with Gasteiger partial charge in [-0.25, -0.2) is 0 Å². The number of hydrogen-bond donors (Lipinski definition) is 2. The molecule has 6 heteroatoms. The highest BCUT2D eigenvalue weighted by Gasteiger charge is 2.16. The molecular formula is C15H18N4OS. The van der Waals surface area contributed by atoms with Gasteiger partial charge in [0.2, 0.25) is 0 Å². The fourth-order valence-corrected chi connectivity index (χ4v) is 3.13. The maximum Gasteiger partial charge on any atom is 0.269 e. The minimum atomic E-state index is -0.114. The first-order valence-electron chi connectivity index (χ1n) is 7.23. The molecule has 2 aromatic rings. The minimum Gasteiger partial charge on any atom is -0.321 e. The lowest BCUT2D eigenvalue weighted by atomic mass is 10.0. The van der Waals surface area contributed by atoms with Crippen molar-refractivity contribution in [3.05, 3.63) is 39.9 Å². The third kappa shape index (κ3) is 3.11. The van der Waals surface area contributed by atoms with Crippen molar-refractivity contribution in [1.29, 1.82) is 0 Å². The first-order valence-corrected chi connectivity index (χ1v) is 8.00. The minimum absolute atomic E-state index is 0.114. The molecule has 3 rings (SSSR count). The zero-order chi connectivity index (χ0) is 14.7. The summed E-state index contributed by atoms with van der Waals surface area (Å²) in [6.45, 7) is 3.95. The van der Waals surface area contributed by atoms with E-state index in [1.54, 1.807) is 0 Å². The van der Waals surface area contributed by atoms with E-state index < -0.39 is 0 Å². The summed E-state index contributed by atoms with van der Waals surface area (Å²) in [4.78, 5) is 13.0. The van der Waals surface area contributed by atoms with Gasteiger partial charge in [0.05, 0.1) is 5.69 Å². The van der Waals surface area contributed by atoms with E-state index in [0.29, 0.717) is 4.88 Å². The Morgan fingerprint density at radius 1 is 1.43 bits per heavy atom. The van der Waals surface area contributed by atoms with Crippen molar-refractivity contribution in [2.24, 2.45) is 0 Å². The molecule has 1 aromatic heterocycles. The first-order chi connectivity index (χ1) is 10.3. The van der Waals surface area contributed by atoms with Crippen LogP contribution in [0.1, 0.15) is 39.8 Å². The molecule has 5 nitrogen and oxygen atoms in total. The van der Waals surface area contributed by atoms with Crippen LogP contribution in [0, 0.1) is 0 Å². The summed E-state index contributed by atoms with van der Waals surface area (Å²) in [6.07, 6.45) is 2.78. The van der Waals surface area contributed by atoms with Crippen LogP contribution in [0.3, 0.4) is 0 Å². The maximum absolute atomic E-state index is 12.3. The van der Waals surface area contributed by atoms with Gasteiger partial charge in [-0.05, 0) is 54.2 Å². The van der Waals surface area contributed by atoms with Gasteiger partial charge >= 0.3 is 0 Å². The fraction of sp³-hybridized carbons (Fsp3) is 0.400. The second kappa shape index (κ2) is 6.32. The number of aryl methyl sites for hydroxylation is 1. The fourth-order valence-electron chi connectivity index (χ4n) is 2.53. The molecule has 0 saturated carbocycles. The normalized spacial score (nSPS) is 13.8. The summed E-state index contributed by atoms with van der Waals surface area (Å²) >= 11 is 1.16. The highest BCUT2D eigenvalue weighted by molar-refractivity contribution is 7.08. The Kier molecular flexibility index (Phi) is 4.26. The zero-order valence-corrected chi connectivity index (χ0v) is 12.8. The van der Waals surface area contributed by atoms with E-state index in [1.807, 2.05) is 12.1 Å². The Balaban J connectivity index is 1.76. The summed E-state index contributed by atoms with van der Waals surface area (Å²) in [5.41, 5.74) is 4.24. The van der Waals surface area contributed by atoms with E-state index in [4.69, 9.17) is 0 Å². The molecule has 110 valence electrons. The monoisotopic (exact) mass is 302 g/mol. The van der Waals surface area contributed by atoms with Gasteiger partial charge in [-0.2, -0.15) is 0 Å². The molecule has 1 aliphatic rings. The Hall–Kier alpha value is -1.79. The third-order valence-electron chi connectivity index (χ3n) is 3.60. The van der Waals surface area contributed by atoms with Crippen LogP contribution >= 0.6 is 11.5 Å². The van der Waals surface area contributed by atoms with E-state index >= 15 is 0 Å². The molecule has 1 aliphatic heterocycles. The molecule has 0 atom stereocenters. The summed E-state index contributed by atoms with van der Waals surface area (Å²) < 4.78 is 3.89. The number of nitrogens with one attached hydrogen (secondary N) is 2. The van der Waals surface area contributed by atoms with Crippen LogP contribution in [-0.4, -0.2) is 22.0 Å². The lowest BCUT2D eigenvalue weighted by Gasteiger charge is -2.18. The lowest BCUT2D eigenvalue weighted by Crippen LogP contribution is -2.23. The molecule has 1 aromatic carbocycles. The van der Waals surface area contributed by atoms with E-state index in [0.717, 1.165) is 55.3 Å². The highest BCUT2D eigenvalue weighted by Crippen LogP contribution is 2.21. The summed E-state index contributed by atoms with van der Waals surface area (Å²) in [5.74, 6) is -0.114. The molecule has 0 aliphatic carbocycles. The summed E-state index contributed by atoms with van der Waals surface area (Å²) in [6, 6.07) is 6.12. The Morgan fingerprint density at radius 3 is 3.19 bits per heavy atom. The van der Waals surface area contributed by atoms with Gasteiger partial charge in [0.25, 0.3) is 5.91 Å². The Labute approximate surface area is 127 Å². The molecule has 21 heavy (non-hydrogen) atoms. The van der Waals surface area contributed by atoms with E-state index in [9.17, 15) is 4.79 Å². The van der Waals surface area contributed by atoms with Gasteiger partial charge in [-0.3, -0.25) is 4.79 Å². The van der Waals surface area contributed by atoms with Crippen molar-refractivity contribution in [3.63, 3.8) is 0 Å². The number of carbonyl (C=O) groups excluding carboxylic acids is 1. The molecule has 0 spiro atoms. The van der Waals surface area contributed by atoms with Crippen molar-refractivity contribution in [2.45, 2.75) is 32.7 Å². The Morgan fingerprint density at radius 2 is 2.33 bits per heavy atom. The second-order valence-corrected chi connectivity index (χ2v) is 5.92. The number of hydrogen-bond acceptors (Lipinski definition) is 5. The molecule has 1 amide bonds. The van der Waals surface area contributed by atoms with E-state index in [2.05, 4.69) is 33.2 Å². The molecule has 2 heterocycles. The molecule has 0 unspecified atom stereocenters. The van der Waals surface area contributed by atoms with Gasteiger partial charge in [0.1, 0.15) is 4.88 Å². The predicted molar refractivity (Wildman–Crippen MR) is 83.7 cm³/mol. The number of anilines is 1. The van der Waals surface area contributed by atoms with Crippen LogP contribution in [0.5, 0.6) is 0 Å². The van der Waals surface area contributed by atoms with Crippen LogP contribution in [0.25, 0.3) is 0 Å². The topological polar surface area (TPSA) is 66.9 Å². The number of carbonyl (C=O) groups is 1. The van der Waals surface area contributed by atoms with Crippen LogP contribution in [0.15, 0.2) is 18.2 Å². The number of fused-ring (bicyclic) bond motifs is 1. The van der Waals surface area contributed by atoms with Gasteiger partial charge in [-0.15, -0.1) is 5.10 Å². The van der Waals surface area contributed by atoms with Crippen molar-refractivity contribution in [2.75, 3.05) is 11.9 Å². The molecule has 0 bridgehead atoms. The van der Waals surface area contributed by atoms with Crippen molar-refractivity contribution < 1.29 is 4.79 Å². The number of benzene rings is 1. The number of rotatable bonds is 4. The SMILES string of the molecule is CCCc1nnsc1C(=O)Nc1ccc2c(c1)CNCC2. The van der Waals surface area contributed by atoms with E-state index in [-0.39, 0.29) is 5.91 Å². The van der Waals surface area contributed by atoms with Crippen LogP contribution in [-0.2, 0) is 19.4 Å². The van der Waals surface area contributed by atoms with Crippen LogP contribution < -0.4 is 10.6 Å². The molecular weight excluding hydrogens is 284 g/mol. The van der Waals surface area contributed by atoms with Gasteiger partial charge in [-0.1, -0.05) is 23.9 Å². The van der Waals surface area contributed by atoms with Crippen molar-refractivity contribution in [3.8, 4) is 0 Å². The average molecular weight is 302 g/mol. The number of amides is 1. The van der Waals surface area contributed by atoms with Crippen molar-refractivity contribution >= 4 is 23.1 Å².